The number of esters is 2. The van der Waals surface area contributed by atoms with Crippen LogP contribution < -0.4 is 0 Å². The first-order valence-electron chi connectivity index (χ1n) is 25.5. The van der Waals surface area contributed by atoms with E-state index in [0.717, 1.165) is 51.4 Å². The highest BCUT2D eigenvalue weighted by Gasteiger charge is 2.16. The number of ether oxygens (including phenoxy) is 2. The zero-order chi connectivity index (χ0) is 42.1. The van der Waals surface area contributed by atoms with Crippen LogP contribution in [0.1, 0.15) is 271 Å². The Morgan fingerprint density at radius 3 is 1.03 bits per heavy atom. The molecule has 0 spiro atoms. The summed E-state index contributed by atoms with van der Waals surface area (Å²) in [5.74, 6) is -0.586. The predicted octanol–water partition coefficient (Wildman–Crippen LogP) is 16.7. The summed E-state index contributed by atoms with van der Waals surface area (Å²) in [6, 6.07) is 0. The fourth-order valence-electron chi connectivity index (χ4n) is 7.56. The molecule has 1 atom stereocenters. The van der Waals surface area contributed by atoms with E-state index in [1.54, 1.807) is 0 Å². The maximum atomic E-state index is 12.3. The Labute approximate surface area is 361 Å². The molecule has 0 aromatic carbocycles. The van der Waals surface area contributed by atoms with Gasteiger partial charge in [0.1, 0.15) is 6.61 Å². The van der Waals surface area contributed by atoms with Crippen molar-refractivity contribution in [1.82, 2.24) is 0 Å². The molecule has 1 N–H and O–H groups in total. The van der Waals surface area contributed by atoms with E-state index >= 15 is 0 Å². The Morgan fingerprint density at radius 2 is 0.690 bits per heavy atom. The lowest BCUT2D eigenvalue weighted by molar-refractivity contribution is -0.161. The van der Waals surface area contributed by atoms with Gasteiger partial charge in [-0.15, -0.1) is 0 Å². The molecule has 0 aromatic rings. The highest BCUT2D eigenvalue weighted by molar-refractivity contribution is 5.70. The third-order valence-corrected chi connectivity index (χ3v) is 11.4. The molecule has 1 unspecified atom stereocenters. The molecular formula is C53H98O5. The SMILES string of the molecule is CCCCCCC/C=C\C/C=C\C/C=C\CCCCCCCCCCC(=O)OC(CO)COC(=O)CCCCCCCCCCCCCCCCCCCCCCC. The second-order valence-electron chi connectivity index (χ2n) is 17.3. The van der Waals surface area contributed by atoms with Crippen LogP contribution in [-0.4, -0.2) is 36.4 Å². The van der Waals surface area contributed by atoms with E-state index in [1.807, 2.05) is 0 Å². The highest BCUT2D eigenvalue weighted by atomic mass is 16.6. The van der Waals surface area contributed by atoms with Crippen molar-refractivity contribution in [3.8, 4) is 0 Å². The molecule has 5 heteroatoms. The number of aliphatic hydroxyl groups excluding tert-OH is 1. The maximum Gasteiger partial charge on any atom is 0.306 e. The van der Waals surface area contributed by atoms with Crippen LogP contribution in [0.2, 0.25) is 0 Å². The molecule has 5 nitrogen and oxygen atoms in total. The van der Waals surface area contributed by atoms with Gasteiger partial charge in [-0.2, -0.15) is 0 Å². The van der Waals surface area contributed by atoms with Crippen LogP contribution in [0, 0.1) is 0 Å². The van der Waals surface area contributed by atoms with Crippen LogP contribution in [0.25, 0.3) is 0 Å². The lowest BCUT2D eigenvalue weighted by atomic mass is 10.0. The van der Waals surface area contributed by atoms with Gasteiger partial charge >= 0.3 is 11.9 Å². The first kappa shape index (κ1) is 56.1. The average molecular weight is 815 g/mol. The van der Waals surface area contributed by atoms with Gasteiger partial charge < -0.3 is 14.6 Å². The van der Waals surface area contributed by atoms with E-state index in [9.17, 15) is 14.7 Å². The maximum absolute atomic E-state index is 12.3. The number of hydrogen-bond acceptors (Lipinski definition) is 5. The van der Waals surface area contributed by atoms with Crippen molar-refractivity contribution in [2.75, 3.05) is 13.2 Å². The molecule has 0 amide bonds. The average Bonchev–Trinajstić information content (AvgIpc) is 3.23. The number of rotatable bonds is 47. The zero-order valence-corrected chi connectivity index (χ0v) is 38.8. The summed E-state index contributed by atoms with van der Waals surface area (Å²) in [6.45, 7) is 4.16. The number of aliphatic hydroxyl groups is 1. The van der Waals surface area contributed by atoms with E-state index in [1.165, 1.54) is 193 Å². The Hall–Kier alpha value is -1.88. The van der Waals surface area contributed by atoms with Crippen LogP contribution in [0.3, 0.4) is 0 Å². The van der Waals surface area contributed by atoms with Crippen molar-refractivity contribution in [3.05, 3.63) is 36.5 Å². The first-order chi connectivity index (χ1) is 28.6. The van der Waals surface area contributed by atoms with Gasteiger partial charge in [-0.05, 0) is 51.4 Å². The van der Waals surface area contributed by atoms with Crippen LogP contribution >= 0.6 is 0 Å². The standard InChI is InChI=1S/C53H98O5/c1-3-5-7-9-11-13-15-17-19-21-23-25-26-28-30-32-34-36-38-40-42-44-46-48-53(56)58-51(49-54)50-57-52(55)47-45-43-41-39-37-35-33-31-29-27-24-22-20-18-16-14-12-10-8-6-4-2/h15,17,21,23,26,28,51,54H,3-14,16,18-20,22,24-25,27,29-50H2,1-2H3/b17-15-,23-21-,28-26-. The quantitative estimate of drug-likeness (QED) is 0.0376. The van der Waals surface area contributed by atoms with Crippen LogP contribution in [-0.2, 0) is 19.1 Å². The summed E-state index contributed by atoms with van der Waals surface area (Å²) in [7, 11) is 0. The zero-order valence-electron chi connectivity index (χ0n) is 38.8. The van der Waals surface area contributed by atoms with E-state index < -0.39 is 6.10 Å². The molecule has 0 aliphatic rings. The molecule has 0 radical (unpaired) electrons. The molecule has 0 rings (SSSR count). The Bertz CT molecular complexity index is 924. The fourth-order valence-corrected chi connectivity index (χ4v) is 7.56. The third kappa shape index (κ3) is 46.8. The summed E-state index contributed by atoms with van der Waals surface area (Å²) >= 11 is 0. The monoisotopic (exact) mass is 815 g/mol. The van der Waals surface area contributed by atoms with Gasteiger partial charge in [0, 0.05) is 12.8 Å². The largest absolute Gasteiger partial charge is 0.462 e. The lowest BCUT2D eigenvalue weighted by Crippen LogP contribution is -2.28. The summed E-state index contributed by atoms with van der Waals surface area (Å²) in [6.07, 6.45) is 62.3. The van der Waals surface area contributed by atoms with Gasteiger partial charge in [-0.3, -0.25) is 9.59 Å². The molecule has 0 fully saturated rings. The molecule has 0 aromatic heterocycles. The minimum atomic E-state index is -0.774. The Morgan fingerprint density at radius 1 is 0.397 bits per heavy atom. The number of allylic oxidation sites excluding steroid dienone is 6. The van der Waals surface area contributed by atoms with Crippen molar-refractivity contribution < 1.29 is 24.2 Å². The third-order valence-electron chi connectivity index (χ3n) is 11.4. The molecule has 58 heavy (non-hydrogen) atoms. The summed E-state index contributed by atoms with van der Waals surface area (Å²) < 4.78 is 10.7. The van der Waals surface area contributed by atoms with Crippen molar-refractivity contribution in [1.29, 1.82) is 0 Å². The fraction of sp³-hybridized carbons (Fsp3) is 0.849. The Kier molecular flexibility index (Phi) is 47.9. The van der Waals surface area contributed by atoms with Crippen LogP contribution in [0.4, 0.5) is 0 Å². The van der Waals surface area contributed by atoms with E-state index in [0.29, 0.717) is 12.8 Å². The van der Waals surface area contributed by atoms with Crippen molar-refractivity contribution in [2.24, 2.45) is 0 Å². The number of unbranched alkanes of at least 4 members (excludes halogenated alkanes) is 33. The van der Waals surface area contributed by atoms with E-state index in [-0.39, 0.29) is 25.2 Å². The normalized spacial score (nSPS) is 12.4. The van der Waals surface area contributed by atoms with Gasteiger partial charge in [-0.1, -0.05) is 243 Å². The molecule has 0 saturated carbocycles. The minimum Gasteiger partial charge on any atom is -0.462 e. The summed E-state index contributed by atoms with van der Waals surface area (Å²) in [5.41, 5.74) is 0. The van der Waals surface area contributed by atoms with Gasteiger partial charge in [0.15, 0.2) is 6.10 Å². The van der Waals surface area contributed by atoms with Crippen molar-refractivity contribution in [3.63, 3.8) is 0 Å². The van der Waals surface area contributed by atoms with Gasteiger partial charge in [0.2, 0.25) is 0 Å². The number of hydrogen-bond donors (Lipinski definition) is 1. The lowest BCUT2D eigenvalue weighted by Gasteiger charge is -2.15. The Balaban J connectivity index is 3.49. The van der Waals surface area contributed by atoms with E-state index in [4.69, 9.17) is 9.47 Å². The van der Waals surface area contributed by atoms with Gasteiger partial charge in [0.25, 0.3) is 0 Å². The topological polar surface area (TPSA) is 72.8 Å². The second-order valence-corrected chi connectivity index (χ2v) is 17.3. The van der Waals surface area contributed by atoms with Crippen molar-refractivity contribution >= 4 is 11.9 Å². The predicted molar refractivity (Wildman–Crippen MR) is 251 cm³/mol. The first-order valence-corrected chi connectivity index (χ1v) is 25.5. The number of carbonyl (C=O) groups excluding carboxylic acids is 2. The molecule has 0 heterocycles. The smallest absolute Gasteiger partial charge is 0.306 e. The highest BCUT2D eigenvalue weighted by Crippen LogP contribution is 2.16. The second kappa shape index (κ2) is 49.5. The van der Waals surface area contributed by atoms with Crippen LogP contribution in [0.5, 0.6) is 0 Å². The van der Waals surface area contributed by atoms with Crippen molar-refractivity contribution in [2.45, 2.75) is 277 Å². The molecule has 0 saturated heterocycles. The minimum absolute atomic E-state index is 0.0651. The number of carbonyl (C=O) groups is 2. The van der Waals surface area contributed by atoms with Gasteiger partial charge in [-0.25, -0.2) is 0 Å². The molecule has 0 aliphatic carbocycles. The van der Waals surface area contributed by atoms with Gasteiger partial charge in [0.05, 0.1) is 6.61 Å². The van der Waals surface area contributed by atoms with E-state index in [2.05, 4.69) is 50.3 Å². The molecular weight excluding hydrogens is 717 g/mol. The molecule has 0 bridgehead atoms. The molecule has 340 valence electrons. The van der Waals surface area contributed by atoms with Crippen LogP contribution in [0.15, 0.2) is 36.5 Å². The summed E-state index contributed by atoms with van der Waals surface area (Å²) in [4.78, 5) is 24.4. The summed E-state index contributed by atoms with van der Waals surface area (Å²) in [5, 5.41) is 9.62. The molecule has 0 aliphatic heterocycles.